The largest absolute Gasteiger partial charge is 0.493 e. The van der Waals surface area contributed by atoms with Crippen molar-refractivity contribution in [2.45, 2.75) is 25.4 Å². The molecule has 0 spiro atoms. The molecule has 0 amide bonds. The maximum atomic E-state index is 5.59. The third-order valence-corrected chi connectivity index (χ3v) is 5.12. The molecule has 0 radical (unpaired) electrons. The highest BCUT2D eigenvalue weighted by Crippen LogP contribution is 2.26. The number of rotatable bonds is 3. The van der Waals surface area contributed by atoms with Crippen LogP contribution in [0.2, 0.25) is 0 Å². The van der Waals surface area contributed by atoms with E-state index >= 15 is 0 Å². The molecule has 1 unspecified atom stereocenters. The van der Waals surface area contributed by atoms with E-state index in [1.807, 2.05) is 0 Å². The van der Waals surface area contributed by atoms with Gasteiger partial charge in [0.2, 0.25) is 0 Å². The number of fused-ring (bicyclic) bond motifs is 1. The first-order valence-corrected chi connectivity index (χ1v) is 8.30. The van der Waals surface area contributed by atoms with Gasteiger partial charge < -0.3 is 10.1 Å². The van der Waals surface area contributed by atoms with Gasteiger partial charge in [0.15, 0.2) is 0 Å². The van der Waals surface area contributed by atoms with Crippen molar-refractivity contribution in [2.75, 3.05) is 45.9 Å². The van der Waals surface area contributed by atoms with E-state index in [9.17, 15) is 0 Å². The summed E-state index contributed by atoms with van der Waals surface area (Å²) in [4.78, 5) is 5.27. The molecule has 0 aliphatic carbocycles. The van der Waals surface area contributed by atoms with Gasteiger partial charge in [-0.05, 0) is 30.2 Å². The van der Waals surface area contributed by atoms with Gasteiger partial charge in [0.05, 0.1) is 6.61 Å². The summed E-state index contributed by atoms with van der Waals surface area (Å²) in [5.74, 6) is 1.09. The fraction of sp³-hybridized carbons (Fsp3) is 0.647. The number of ether oxygens (including phenoxy) is 1. The van der Waals surface area contributed by atoms with Crippen LogP contribution in [0.4, 0.5) is 0 Å². The Morgan fingerprint density at radius 1 is 1.18 bits per heavy atom. The van der Waals surface area contributed by atoms with Crippen LogP contribution in [0.5, 0.6) is 5.75 Å². The first kappa shape index (κ1) is 16.1. The van der Waals surface area contributed by atoms with Gasteiger partial charge in [-0.15, -0.1) is 12.4 Å². The standard InChI is InChI=1S/C17H25N3O.ClH/c1-2-17-15(4-10-21-17)11-14(1)13-19-6-8-20(9-7-19)16-3-5-18-12-16;/h1-2,11,16,18H,3-10,12-13H2;1H. The van der Waals surface area contributed by atoms with E-state index < -0.39 is 0 Å². The van der Waals surface area contributed by atoms with Crippen molar-refractivity contribution in [3.8, 4) is 5.75 Å². The molecular formula is C17H26ClN3O. The van der Waals surface area contributed by atoms with Crippen molar-refractivity contribution < 1.29 is 4.74 Å². The zero-order chi connectivity index (χ0) is 14.1. The predicted molar refractivity (Wildman–Crippen MR) is 91.0 cm³/mol. The SMILES string of the molecule is Cl.c1cc2c(cc1CN1CCN(C3CCNC3)CC1)CCO2. The van der Waals surface area contributed by atoms with Gasteiger partial charge in [0, 0.05) is 51.7 Å². The first-order chi connectivity index (χ1) is 10.4. The number of benzene rings is 1. The average molecular weight is 324 g/mol. The van der Waals surface area contributed by atoms with Gasteiger partial charge in [-0.25, -0.2) is 0 Å². The van der Waals surface area contributed by atoms with E-state index in [1.54, 1.807) is 0 Å². The highest BCUT2D eigenvalue weighted by atomic mass is 35.5. The molecule has 2 fully saturated rings. The minimum absolute atomic E-state index is 0. The van der Waals surface area contributed by atoms with Crippen LogP contribution in [0, 0.1) is 0 Å². The van der Waals surface area contributed by atoms with Crippen LogP contribution < -0.4 is 10.1 Å². The van der Waals surface area contributed by atoms with Gasteiger partial charge in [0.1, 0.15) is 5.75 Å². The van der Waals surface area contributed by atoms with Crippen LogP contribution in [0.15, 0.2) is 18.2 Å². The highest BCUT2D eigenvalue weighted by Gasteiger charge is 2.26. The van der Waals surface area contributed by atoms with Gasteiger partial charge in [-0.2, -0.15) is 0 Å². The minimum atomic E-state index is 0. The van der Waals surface area contributed by atoms with Crippen LogP contribution in [0.1, 0.15) is 17.5 Å². The Morgan fingerprint density at radius 2 is 2.05 bits per heavy atom. The highest BCUT2D eigenvalue weighted by molar-refractivity contribution is 5.85. The maximum absolute atomic E-state index is 5.59. The molecule has 22 heavy (non-hydrogen) atoms. The third kappa shape index (κ3) is 3.40. The van der Waals surface area contributed by atoms with Gasteiger partial charge >= 0.3 is 0 Å². The Balaban J connectivity index is 0.00000144. The summed E-state index contributed by atoms with van der Waals surface area (Å²) in [5, 5.41) is 3.48. The van der Waals surface area contributed by atoms with E-state index in [0.717, 1.165) is 31.4 Å². The van der Waals surface area contributed by atoms with Crippen LogP contribution in [-0.2, 0) is 13.0 Å². The van der Waals surface area contributed by atoms with Gasteiger partial charge in [-0.3, -0.25) is 9.80 Å². The summed E-state index contributed by atoms with van der Waals surface area (Å²) < 4.78 is 5.59. The number of hydrogen-bond donors (Lipinski definition) is 1. The fourth-order valence-electron chi connectivity index (χ4n) is 3.83. The molecular weight excluding hydrogens is 298 g/mol. The van der Waals surface area contributed by atoms with Crippen LogP contribution >= 0.6 is 12.4 Å². The molecule has 3 aliphatic rings. The molecule has 0 saturated carbocycles. The van der Waals surface area contributed by atoms with Crippen molar-refractivity contribution in [1.82, 2.24) is 15.1 Å². The summed E-state index contributed by atoms with van der Waals surface area (Å²) in [6.45, 7) is 9.17. The second-order valence-corrected chi connectivity index (χ2v) is 6.50. The number of halogens is 1. The minimum Gasteiger partial charge on any atom is -0.493 e. The molecule has 1 atom stereocenters. The quantitative estimate of drug-likeness (QED) is 0.913. The number of hydrogen-bond acceptors (Lipinski definition) is 4. The first-order valence-electron chi connectivity index (χ1n) is 8.30. The molecule has 1 aromatic rings. The zero-order valence-electron chi connectivity index (χ0n) is 13.1. The van der Waals surface area contributed by atoms with Crippen molar-refractivity contribution >= 4 is 12.4 Å². The van der Waals surface area contributed by atoms with Crippen molar-refractivity contribution in [3.05, 3.63) is 29.3 Å². The average Bonchev–Trinajstić information content (AvgIpc) is 3.19. The molecule has 3 aliphatic heterocycles. The lowest BCUT2D eigenvalue weighted by molar-refractivity contribution is 0.0981. The second-order valence-electron chi connectivity index (χ2n) is 6.50. The van der Waals surface area contributed by atoms with Crippen LogP contribution in [0.25, 0.3) is 0 Å². The Hall–Kier alpha value is -0.810. The number of piperazine rings is 1. The van der Waals surface area contributed by atoms with E-state index in [4.69, 9.17) is 4.74 Å². The predicted octanol–water partition coefficient (Wildman–Crippen LogP) is 1.52. The Morgan fingerprint density at radius 3 is 2.82 bits per heavy atom. The summed E-state index contributed by atoms with van der Waals surface area (Å²) >= 11 is 0. The topological polar surface area (TPSA) is 27.7 Å². The van der Waals surface area contributed by atoms with E-state index in [0.29, 0.717) is 0 Å². The van der Waals surface area contributed by atoms with Crippen molar-refractivity contribution in [3.63, 3.8) is 0 Å². The summed E-state index contributed by atoms with van der Waals surface area (Å²) in [7, 11) is 0. The second kappa shape index (κ2) is 7.18. The molecule has 0 bridgehead atoms. The molecule has 5 heteroatoms. The normalized spacial score (nSPS) is 25.5. The van der Waals surface area contributed by atoms with Gasteiger partial charge in [-0.1, -0.05) is 12.1 Å². The molecule has 0 aromatic heterocycles. The van der Waals surface area contributed by atoms with Crippen LogP contribution in [0.3, 0.4) is 0 Å². The fourth-order valence-corrected chi connectivity index (χ4v) is 3.83. The molecule has 2 saturated heterocycles. The molecule has 1 aromatic carbocycles. The third-order valence-electron chi connectivity index (χ3n) is 5.12. The van der Waals surface area contributed by atoms with Crippen molar-refractivity contribution in [1.29, 1.82) is 0 Å². The van der Waals surface area contributed by atoms with Gasteiger partial charge in [0.25, 0.3) is 0 Å². The van der Waals surface area contributed by atoms with Crippen LogP contribution in [-0.4, -0.2) is 61.7 Å². The molecule has 3 heterocycles. The Kier molecular flexibility index (Phi) is 5.24. The lowest BCUT2D eigenvalue weighted by Crippen LogP contribution is -2.50. The van der Waals surface area contributed by atoms with E-state index in [1.165, 1.54) is 56.8 Å². The Bertz CT molecular complexity index is 497. The summed E-state index contributed by atoms with van der Waals surface area (Å²) in [6, 6.07) is 7.51. The van der Waals surface area contributed by atoms with Crippen molar-refractivity contribution in [2.24, 2.45) is 0 Å². The molecule has 122 valence electrons. The lowest BCUT2D eigenvalue weighted by atomic mass is 10.1. The smallest absolute Gasteiger partial charge is 0.122 e. The molecule has 4 rings (SSSR count). The van der Waals surface area contributed by atoms with E-state index in [-0.39, 0.29) is 12.4 Å². The summed E-state index contributed by atoms with van der Waals surface area (Å²) in [6.07, 6.45) is 2.40. The van der Waals surface area contributed by atoms with E-state index in [2.05, 4.69) is 33.3 Å². The monoisotopic (exact) mass is 323 g/mol. The lowest BCUT2D eigenvalue weighted by Gasteiger charge is -2.37. The zero-order valence-corrected chi connectivity index (χ0v) is 13.9. The number of nitrogens with zero attached hydrogens (tertiary/aromatic N) is 2. The molecule has 4 nitrogen and oxygen atoms in total. The Labute approximate surface area is 139 Å². The number of nitrogens with one attached hydrogen (secondary N) is 1. The maximum Gasteiger partial charge on any atom is 0.122 e. The summed E-state index contributed by atoms with van der Waals surface area (Å²) in [5.41, 5.74) is 2.83. The molecule has 1 N–H and O–H groups in total.